The van der Waals surface area contributed by atoms with Crippen molar-refractivity contribution in [2.24, 2.45) is 0 Å². The first-order valence-corrected chi connectivity index (χ1v) is 13.1. The lowest BCUT2D eigenvalue weighted by Crippen LogP contribution is -2.46. The monoisotopic (exact) mass is 495 g/mol. The molecule has 0 aromatic heterocycles. The minimum atomic E-state index is -3.81. The number of carbonyl (C=O) groups is 1. The van der Waals surface area contributed by atoms with Gasteiger partial charge in [0.05, 0.1) is 15.6 Å². The number of halogens is 2. The van der Waals surface area contributed by atoms with E-state index in [9.17, 15) is 13.2 Å². The number of hydrogen-bond donors (Lipinski definition) is 2. The lowest BCUT2D eigenvalue weighted by atomic mass is 10.0. The van der Waals surface area contributed by atoms with Crippen LogP contribution in [-0.2, 0) is 16.6 Å². The van der Waals surface area contributed by atoms with Crippen molar-refractivity contribution in [2.75, 3.05) is 13.1 Å². The number of likely N-dealkylation sites (tertiary alicyclic amines) is 1. The van der Waals surface area contributed by atoms with Crippen LogP contribution in [0.4, 0.5) is 0 Å². The molecule has 1 atom stereocenters. The van der Waals surface area contributed by atoms with Crippen LogP contribution in [-0.4, -0.2) is 44.4 Å². The Morgan fingerprint density at radius 3 is 2.50 bits per heavy atom. The lowest BCUT2D eigenvalue weighted by molar-refractivity contribution is 0.0907. The third-order valence-corrected chi connectivity index (χ3v) is 8.23. The Hall–Kier alpha value is -1.64. The molecule has 0 bridgehead atoms. The number of carbonyl (C=O) groups excluding carboxylic acids is 1. The molecule has 6 nitrogen and oxygen atoms in total. The van der Waals surface area contributed by atoms with E-state index in [1.165, 1.54) is 17.7 Å². The van der Waals surface area contributed by atoms with Crippen LogP contribution in [0.25, 0.3) is 0 Å². The van der Waals surface area contributed by atoms with Crippen LogP contribution in [0.5, 0.6) is 0 Å². The second kappa shape index (κ2) is 10.1. The number of nitrogens with zero attached hydrogens (tertiary/aromatic N) is 1. The van der Waals surface area contributed by atoms with E-state index < -0.39 is 15.9 Å². The van der Waals surface area contributed by atoms with Gasteiger partial charge in [0.15, 0.2) is 0 Å². The first-order valence-electron chi connectivity index (χ1n) is 10.9. The van der Waals surface area contributed by atoms with Crippen LogP contribution in [0, 0.1) is 0 Å². The van der Waals surface area contributed by atoms with E-state index >= 15 is 0 Å². The highest BCUT2D eigenvalue weighted by Gasteiger charge is 2.30. The van der Waals surface area contributed by atoms with E-state index in [2.05, 4.69) is 27.1 Å². The molecule has 2 aromatic carbocycles. The maximum absolute atomic E-state index is 12.9. The first-order chi connectivity index (χ1) is 15.3. The summed E-state index contributed by atoms with van der Waals surface area (Å²) in [5, 5.41) is 3.08. The predicted octanol–water partition coefficient (Wildman–Crippen LogP) is 4.22. The van der Waals surface area contributed by atoms with Crippen LogP contribution in [0.1, 0.15) is 48.0 Å². The summed E-state index contributed by atoms with van der Waals surface area (Å²) in [6.45, 7) is 2.28. The van der Waals surface area contributed by atoms with Crippen LogP contribution in [0.2, 0.25) is 10.0 Å². The molecular weight excluding hydrogens is 469 g/mol. The topological polar surface area (TPSA) is 78.5 Å². The number of benzene rings is 2. The van der Waals surface area contributed by atoms with Crippen LogP contribution in [0.3, 0.4) is 0 Å². The largest absolute Gasteiger partial charge is 0.350 e. The van der Waals surface area contributed by atoms with E-state index in [4.69, 9.17) is 23.2 Å². The van der Waals surface area contributed by atoms with E-state index in [0.29, 0.717) is 6.54 Å². The van der Waals surface area contributed by atoms with E-state index in [-0.39, 0.29) is 32.6 Å². The van der Waals surface area contributed by atoms with Gasteiger partial charge in [0.25, 0.3) is 5.91 Å². The zero-order chi connectivity index (χ0) is 22.7. The number of amides is 1. The molecular formula is C23H27Cl2N3O3S. The molecule has 0 radical (unpaired) electrons. The van der Waals surface area contributed by atoms with Crippen LogP contribution < -0.4 is 10.0 Å². The van der Waals surface area contributed by atoms with Crippen molar-refractivity contribution in [1.82, 2.24) is 14.9 Å². The maximum atomic E-state index is 12.9. The molecule has 2 aliphatic rings. The molecule has 1 aliphatic heterocycles. The van der Waals surface area contributed by atoms with Crippen molar-refractivity contribution in [1.29, 1.82) is 0 Å². The average molecular weight is 496 g/mol. The SMILES string of the molecule is O=C(NCC1CCCCN1Cc1ccccc1)c1cc(S(=O)(=O)NC2CC2)c(Cl)cc1Cl. The molecule has 172 valence electrons. The van der Waals surface area contributed by atoms with Crippen molar-refractivity contribution in [3.8, 4) is 0 Å². The summed E-state index contributed by atoms with van der Waals surface area (Å²) in [7, 11) is -3.81. The number of piperidine rings is 1. The van der Waals surface area contributed by atoms with Crippen molar-refractivity contribution >= 4 is 39.1 Å². The van der Waals surface area contributed by atoms with Gasteiger partial charge in [-0.25, -0.2) is 13.1 Å². The van der Waals surface area contributed by atoms with Crippen LogP contribution in [0.15, 0.2) is 47.4 Å². The zero-order valence-electron chi connectivity index (χ0n) is 17.7. The molecule has 2 aromatic rings. The van der Waals surface area contributed by atoms with Gasteiger partial charge in [0.2, 0.25) is 10.0 Å². The van der Waals surface area contributed by atoms with Crippen LogP contribution >= 0.6 is 23.2 Å². The lowest BCUT2D eigenvalue weighted by Gasteiger charge is -2.36. The fraction of sp³-hybridized carbons (Fsp3) is 0.435. The van der Waals surface area contributed by atoms with Gasteiger partial charge in [0.1, 0.15) is 4.90 Å². The minimum absolute atomic E-state index is 0.000941. The fourth-order valence-electron chi connectivity index (χ4n) is 4.02. The Labute approximate surface area is 199 Å². The van der Waals surface area contributed by atoms with Crippen molar-refractivity contribution < 1.29 is 13.2 Å². The Balaban J connectivity index is 1.45. The Bertz CT molecular complexity index is 1080. The second-order valence-corrected chi connectivity index (χ2v) is 11.0. The molecule has 4 rings (SSSR count). The average Bonchev–Trinajstić information content (AvgIpc) is 3.57. The quantitative estimate of drug-likeness (QED) is 0.574. The predicted molar refractivity (Wildman–Crippen MR) is 127 cm³/mol. The van der Waals surface area contributed by atoms with Crippen molar-refractivity contribution in [3.05, 3.63) is 63.6 Å². The molecule has 2 N–H and O–H groups in total. The van der Waals surface area contributed by atoms with E-state index in [0.717, 1.165) is 45.2 Å². The summed E-state index contributed by atoms with van der Waals surface area (Å²) in [5.41, 5.74) is 1.35. The molecule has 1 amide bonds. The van der Waals surface area contributed by atoms with Gasteiger partial charge in [-0.3, -0.25) is 9.69 Å². The van der Waals surface area contributed by atoms with Gasteiger partial charge in [-0.2, -0.15) is 0 Å². The highest BCUT2D eigenvalue weighted by molar-refractivity contribution is 7.89. The van der Waals surface area contributed by atoms with E-state index in [1.807, 2.05) is 18.2 Å². The van der Waals surface area contributed by atoms with Gasteiger partial charge in [-0.05, 0) is 49.9 Å². The highest BCUT2D eigenvalue weighted by Crippen LogP contribution is 2.31. The summed E-state index contributed by atoms with van der Waals surface area (Å²) in [6, 6.07) is 13.0. The number of sulfonamides is 1. The summed E-state index contributed by atoms with van der Waals surface area (Å²) < 4.78 is 27.9. The number of rotatable bonds is 8. The maximum Gasteiger partial charge on any atom is 0.252 e. The van der Waals surface area contributed by atoms with Crippen molar-refractivity contribution in [3.63, 3.8) is 0 Å². The molecule has 1 aliphatic carbocycles. The molecule has 1 saturated carbocycles. The smallest absolute Gasteiger partial charge is 0.252 e. The Kier molecular flexibility index (Phi) is 7.42. The fourth-order valence-corrected chi connectivity index (χ4v) is 6.18. The standard InChI is InChI=1S/C23H27Cl2N3O3S/c24-20-13-21(25)22(32(30,31)27-17-9-10-17)12-19(20)23(29)26-14-18-8-4-5-11-28(18)15-16-6-2-1-3-7-16/h1-3,6-7,12-13,17-18,27H,4-5,8-11,14-15H2,(H,26,29). The normalized spacial score (nSPS) is 19.6. The number of hydrogen-bond acceptors (Lipinski definition) is 4. The molecule has 2 fully saturated rings. The second-order valence-electron chi connectivity index (χ2n) is 8.47. The third kappa shape index (κ3) is 5.83. The summed E-state index contributed by atoms with van der Waals surface area (Å²) in [5.74, 6) is -0.403. The molecule has 0 spiro atoms. The van der Waals surface area contributed by atoms with Gasteiger partial charge >= 0.3 is 0 Å². The summed E-state index contributed by atoms with van der Waals surface area (Å²) in [4.78, 5) is 15.2. The molecule has 1 heterocycles. The van der Waals surface area contributed by atoms with E-state index in [1.54, 1.807) is 0 Å². The summed E-state index contributed by atoms with van der Waals surface area (Å²) >= 11 is 12.4. The molecule has 32 heavy (non-hydrogen) atoms. The third-order valence-electron chi connectivity index (χ3n) is 5.93. The first kappa shape index (κ1) is 23.5. The summed E-state index contributed by atoms with van der Waals surface area (Å²) in [6.07, 6.45) is 4.85. The van der Waals surface area contributed by atoms with Gasteiger partial charge in [-0.15, -0.1) is 0 Å². The Morgan fingerprint density at radius 1 is 1.03 bits per heavy atom. The molecule has 1 saturated heterocycles. The van der Waals surface area contributed by atoms with Gasteiger partial charge < -0.3 is 5.32 Å². The van der Waals surface area contributed by atoms with Gasteiger partial charge in [0, 0.05) is 25.2 Å². The zero-order valence-corrected chi connectivity index (χ0v) is 20.0. The van der Waals surface area contributed by atoms with Crippen molar-refractivity contribution in [2.45, 2.75) is 55.6 Å². The Morgan fingerprint density at radius 2 is 1.78 bits per heavy atom. The number of nitrogens with one attached hydrogen (secondary N) is 2. The molecule has 9 heteroatoms. The molecule has 1 unspecified atom stereocenters. The highest BCUT2D eigenvalue weighted by atomic mass is 35.5. The minimum Gasteiger partial charge on any atom is -0.350 e. The van der Waals surface area contributed by atoms with Gasteiger partial charge in [-0.1, -0.05) is 60.0 Å².